The number of hydrogen-bond acceptors (Lipinski definition) is 5. The number of aromatic nitrogens is 5. The van der Waals surface area contributed by atoms with Gasteiger partial charge in [-0.15, -0.1) is 5.10 Å². The molecule has 0 radical (unpaired) electrons. The van der Waals surface area contributed by atoms with Gasteiger partial charge in [-0.1, -0.05) is 11.3 Å². The number of fused-ring (bicyclic) bond motifs is 3. The molecule has 0 atom stereocenters. The zero-order valence-electron chi connectivity index (χ0n) is 18.6. The van der Waals surface area contributed by atoms with Crippen molar-refractivity contribution in [3.8, 4) is 11.3 Å². The van der Waals surface area contributed by atoms with Gasteiger partial charge in [0, 0.05) is 44.0 Å². The molecule has 0 unspecified atom stereocenters. The molecular formula is C24H29N5O2. The summed E-state index contributed by atoms with van der Waals surface area (Å²) in [6, 6.07) is 8.44. The lowest BCUT2D eigenvalue weighted by atomic mass is 9.97. The van der Waals surface area contributed by atoms with Crippen LogP contribution in [0.2, 0.25) is 0 Å². The minimum Gasteiger partial charge on any atom is -0.386 e. The molecule has 4 aromatic rings. The van der Waals surface area contributed by atoms with Gasteiger partial charge < -0.3 is 14.4 Å². The molecule has 1 N–H and O–H groups in total. The fourth-order valence-corrected chi connectivity index (χ4v) is 4.71. The molecule has 7 heteroatoms. The van der Waals surface area contributed by atoms with Gasteiger partial charge in [0.05, 0.1) is 33.5 Å². The molecule has 1 aliphatic rings. The summed E-state index contributed by atoms with van der Waals surface area (Å²) < 4.78 is 9.77. The van der Waals surface area contributed by atoms with Crippen LogP contribution in [0.5, 0.6) is 0 Å². The molecule has 1 fully saturated rings. The smallest absolute Gasteiger partial charge is 0.0960 e. The number of nitrogens with zero attached hydrogens (tertiary/aromatic N) is 5. The minimum atomic E-state index is -0.902. The quantitative estimate of drug-likeness (QED) is 0.542. The van der Waals surface area contributed by atoms with Crippen LogP contribution in [0.4, 0.5) is 0 Å². The van der Waals surface area contributed by atoms with E-state index < -0.39 is 5.60 Å². The van der Waals surface area contributed by atoms with Crippen molar-refractivity contribution >= 4 is 21.9 Å². The van der Waals surface area contributed by atoms with Crippen LogP contribution in [0.25, 0.3) is 33.2 Å². The maximum atomic E-state index is 10.6. The fourth-order valence-electron chi connectivity index (χ4n) is 4.71. The third kappa shape index (κ3) is 3.51. The molecule has 1 saturated heterocycles. The van der Waals surface area contributed by atoms with Crippen LogP contribution >= 0.6 is 0 Å². The topological polar surface area (TPSA) is 78.0 Å². The zero-order chi connectivity index (χ0) is 21.8. The van der Waals surface area contributed by atoms with Crippen molar-refractivity contribution in [3.63, 3.8) is 0 Å². The maximum Gasteiger partial charge on any atom is 0.0960 e. The van der Waals surface area contributed by atoms with Crippen molar-refractivity contribution in [2.45, 2.75) is 45.8 Å². The van der Waals surface area contributed by atoms with Gasteiger partial charge in [-0.2, -0.15) is 0 Å². The van der Waals surface area contributed by atoms with E-state index in [-0.39, 0.29) is 0 Å². The van der Waals surface area contributed by atoms with E-state index in [1.165, 1.54) is 0 Å². The molecule has 0 bridgehead atoms. The normalized spacial score (nSPS) is 15.9. The van der Waals surface area contributed by atoms with Crippen LogP contribution < -0.4 is 0 Å². The summed E-state index contributed by atoms with van der Waals surface area (Å²) in [7, 11) is 1.91. The van der Waals surface area contributed by atoms with Crippen molar-refractivity contribution < 1.29 is 9.84 Å². The van der Waals surface area contributed by atoms with Crippen LogP contribution in [0.1, 0.15) is 37.9 Å². The molecule has 31 heavy (non-hydrogen) atoms. The largest absolute Gasteiger partial charge is 0.386 e. The summed E-state index contributed by atoms with van der Waals surface area (Å²) in [5.74, 6) is 0.574. The van der Waals surface area contributed by atoms with E-state index in [2.05, 4.69) is 33.1 Å². The Balaban J connectivity index is 1.73. The van der Waals surface area contributed by atoms with Crippen molar-refractivity contribution in [1.29, 1.82) is 0 Å². The first kappa shape index (κ1) is 20.2. The number of aryl methyl sites for hydroxylation is 2. The summed E-state index contributed by atoms with van der Waals surface area (Å²) >= 11 is 0. The summed E-state index contributed by atoms with van der Waals surface area (Å²) in [5, 5.41) is 20.0. The number of hydrogen-bond donors (Lipinski definition) is 1. The van der Waals surface area contributed by atoms with Gasteiger partial charge in [0.1, 0.15) is 0 Å². The van der Waals surface area contributed by atoms with E-state index in [4.69, 9.17) is 9.72 Å². The van der Waals surface area contributed by atoms with Crippen LogP contribution in [0.3, 0.4) is 0 Å². The summed E-state index contributed by atoms with van der Waals surface area (Å²) in [4.78, 5) is 4.89. The molecule has 1 aromatic carbocycles. The Labute approximate surface area is 181 Å². The second kappa shape index (κ2) is 7.43. The van der Waals surface area contributed by atoms with Gasteiger partial charge in [-0.05, 0) is 63.3 Å². The van der Waals surface area contributed by atoms with Crippen LogP contribution in [-0.2, 0) is 23.9 Å². The number of ether oxygens (including phenoxy) is 1. The van der Waals surface area contributed by atoms with Crippen LogP contribution in [-0.4, -0.2) is 42.9 Å². The zero-order valence-corrected chi connectivity index (χ0v) is 18.6. The molecule has 0 amide bonds. The standard InChI is InChI=1S/C24H29N5O2/c1-15-23(28(4)27-26-15)17-11-21-22(25-13-17)19-12-18(24(2,3)30)5-6-20(19)29(21)14-16-7-9-31-10-8-16/h5-6,11-13,16,30H,7-10,14H2,1-4H3. The van der Waals surface area contributed by atoms with Crippen molar-refractivity contribution in [2.75, 3.05) is 13.2 Å². The lowest BCUT2D eigenvalue weighted by Crippen LogP contribution is -2.20. The predicted molar refractivity (Wildman–Crippen MR) is 121 cm³/mol. The number of benzene rings is 1. The van der Waals surface area contributed by atoms with Gasteiger partial charge in [-0.3, -0.25) is 4.98 Å². The third-order valence-electron chi connectivity index (χ3n) is 6.46. The highest BCUT2D eigenvalue weighted by Crippen LogP contribution is 2.35. The second-order valence-corrected chi connectivity index (χ2v) is 9.20. The van der Waals surface area contributed by atoms with E-state index in [0.29, 0.717) is 5.92 Å². The molecule has 0 spiro atoms. The van der Waals surface area contributed by atoms with E-state index in [1.807, 2.05) is 40.1 Å². The van der Waals surface area contributed by atoms with Gasteiger partial charge in [-0.25, -0.2) is 4.68 Å². The van der Waals surface area contributed by atoms with Gasteiger partial charge in [0.2, 0.25) is 0 Å². The SMILES string of the molecule is Cc1nnn(C)c1-c1cnc2c3cc(C(C)(C)O)ccc3n(CC3CCOCC3)c2c1. The van der Waals surface area contributed by atoms with E-state index >= 15 is 0 Å². The second-order valence-electron chi connectivity index (χ2n) is 9.20. The highest BCUT2D eigenvalue weighted by molar-refractivity contribution is 6.06. The molecule has 4 heterocycles. The summed E-state index contributed by atoms with van der Waals surface area (Å²) in [6.45, 7) is 8.19. The van der Waals surface area contributed by atoms with Crippen LogP contribution in [0, 0.1) is 12.8 Å². The maximum absolute atomic E-state index is 10.6. The van der Waals surface area contributed by atoms with Crippen molar-refractivity contribution in [1.82, 2.24) is 24.5 Å². The summed E-state index contributed by atoms with van der Waals surface area (Å²) in [5.41, 5.74) is 6.09. The molecule has 162 valence electrons. The number of rotatable bonds is 4. The van der Waals surface area contributed by atoms with Gasteiger partial charge in [0.25, 0.3) is 0 Å². The van der Waals surface area contributed by atoms with E-state index in [0.717, 1.165) is 77.1 Å². The Kier molecular flexibility index (Phi) is 4.83. The highest BCUT2D eigenvalue weighted by Gasteiger charge is 2.22. The van der Waals surface area contributed by atoms with Crippen molar-refractivity contribution in [3.05, 3.63) is 41.7 Å². The molecule has 7 nitrogen and oxygen atoms in total. The van der Waals surface area contributed by atoms with Gasteiger partial charge in [0.15, 0.2) is 0 Å². The molecule has 0 saturated carbocycles. The minimum absolute atomic E-state index is 0.574. The first-order chi connectivity index (χ1) is 14.8. The fraction of sp³-hybridized carbons (Fsp3) is 0.458. The van der Waals surface area contributed by atoms with E-state index in [9.17, 15) is 5.11 Å². The van der Waals surface area contributed by atoms with Crippen molar-refractivity contribution in [2.24, 2.45) is 13.0 Å². The lowest BCUT2D eigenvalue weighted by molar-refractivity contribution is 0.0619. The molecule has 3 aromatic heterocycles. The average Bonchev–Trinajstić information content (AvgIpc) is 3.24. The molecular weight excluding hydrogens is 390 g/mol. The average molecular weight is 420 g/mol. The molecule has 0 aliphatic carbocycles. The molecule has 5 rings (SSSR count). The number of aliphatic hydroxyl groups is 1. The predicted octanol–water partition coefficient (Wildman–Crippen LogP) is 3.95. The van der Waals surface area contributed by atoms with E-state index in [1.54, 1.807) is 4.68 Å². The van der Waals surface area contributed by atoms with Crippen LogP contribution in [0.15, 0.2) is 30.5 Å². The monoisotopic (exact) mass is 419 g/mol. The lowest BCUT2D eigenvalue weighted by Gasteiger charge is -2.23. The Hall–Kier alpha value is -2.77. The summed E-state index contributed by atoms with van der Waals surface area (Å²) in [6.07, 6.45) is 4.05. The Bertz CT molecular complexity index is 1240. The number of pyridine rings is 1. The Morgan fingerprint density at radius 3 is 2.61 bits per heavy atom. The first-order valence-corrected chi connectivity index (χ1v) is 10.9. The van der Waals surface area contributed by atoms with Gasteiger partial charge >= 0.3 is 0 Å². The highest BCUT2D eigenvalue weighted by atomic mass is 16.5. The first-order valence-electron chi connectivity index (χ1n) is 10.9. The Morgan fingerprint density at radius 1 is 1.16 bits per heavy atom. The third-order valence-corrected chi connectivity index (χ3v) is 6.46. The molecule has 1 aliphatic heterocycles. The Morgan fingerprint density at radius 2 is 1.94 bits per heavy atom.